The van der Waals surface area contributed by atoms with Crippen LogP contribution < -0.4 is 0 Å². The maximum Gasteiger partial charge on any atom is 0.258 e. The van der Waals surface area contributed by atoms with Crippen LogP contribution in [0, 0.1) is 5.95 Å². The lowest BCUT2D eigenvalue weighted by Crippen LogP contribution is -2.37. The molecule has 0 N–H and O–H groups in total. The highest BCUT2D eigenvalue weighted by molar-refractivity contribution is 5.94. The van der Waals surface area contributed by atoms with E-state index < -0.39 is 5.95 Å². The van der Waals surface area contributed by atoms with Crippen LogP contribution in [0.2, 0.25) is 0 Å². The van der Waals surface area contributed by atoms with Crippen LogP contribution in [-0.4, -0.2) is 52.8 Å². The monoisotopic (exact) mass is 279 g/mol. The van der Waals surface area contributed by atoms with Gasteiger partial charge in [-0.3, -0.25) is 9.59 Å². The Morgan fingerprint density at radius 1 is 1.25 bits per heavy atom. The first-order valence-corrected chi connectivity index (χ1v) is 6.81. The van der Waals surface area contributed by atoms with Gasteiger partial charge in [0.2, 0.25) is 11.9 Å². The molecular formula is C14H18FN3O2. The molecule has 2 rings (SSSR count). The molecule has 6 heteroatoms. The fourth-order valence-electron chi connectivity index (χ4n) is 2.31. The van der Waals surface area contributed by atoms with Gasteiger partial charge >= 0.3 is 0 Å². The Morgan fingerprint density at radius 2 is 1.95 bits per heavy atom. The minimum absolute atomic E-state index is 0.0113. The van der Waals surface area contributed by atoms with Crippen molar-refractivity contribution in [3.63, 3.8) is 0 Å². The first-order valence-electron chi connectivity index (χ1n) is 6.81. The quantitative estimate of drug-likeness (QED) is 0.767. The van der Waals surface area contributed by atoms with Crippen molar-refractivity contribution in [1.29, 1.82) is 0 Å². The number of hydrogen-bond acceptors (Lipinski definition) is 3. The number of carbonyl (C=O) groups is 2. The van der Waals surface area contributed by atoms with Crippen LogP contribution in [0.1, 0.15) is 30.1 Å². The minimum Gasteiger partial charge on any atom is -0.341 e. The van der Waals surface area contributed by atoms with E-state index in [0.717, 1.165) is 0 Å². The first kappa shape index (κ1) is 14.4. The normalized spacial score (nSPS) is 15.9. The number of rotatable bonds is 2. The number of nitrogens with zero attached hydrogens (tertiary/aromatic N) is 3. The summed E-state index contributed by atoms with van der Waals surface area (Å²) in [4.78, 5) is 30.8. The van der Waals surface area contributed by atoms with Crippen molar-refractivity contribution in [2.75, 3.05) is 26.2 Å². The molecule has 0 unspecified atom stereocenters. The molecule has 1 aromatic rings. The first-order chi connectivity index (χ1) is 9.63. The van der Waals surface area contributed by atoms with Gasteiger partial charge in [-0.05, 0) is 18.6 Å². The van der Waals surface area contributed by atoms with Crippen LogP contribution in [0.25, 0.3) is 0 Å². The Kier molecular flexibility index (Phi) is 4.65. The number of aromatic nitrogens is 1. The molecule has 0 saturated carbocycles. The molecule has 0 aliphatic carbocycles. The summed E-state index contributed by atoms with van der Waals surface area (Å²) in [6, 6.07) is 2.98. The van der Waals surface area contributed by atoms with Crippen LogP contribution in [0.3, 0.4) is 0 Å². The SMILES string of the molecule is CCC(=O)N1CCCN(C(=O)c2cccnc2F)CC1. The third-order valence-corrected chi connectivity index (χ3v) is 3.43. The van der Waals surface area contributed by atoms with Gasteiger partial charge in [-0.2, -0.15) is 4.39 Å². The van der Waals surface area contributed by atoms with Crippen molar-refractivity contribution in [1.82, 2.24) is 14.8 Å². The van der Waals surface area contributed by atoms with E-state index >= 15 is 0 Å². The smallest absolute Gasteiger partial charge is 0.258 e. The molecule has 2 amide bonds. The van der Waals surface area contributed by atoms with E-state index in [-0.39, 0.29) is 17.4 Å². The van der Waals surface area contributed by atoms with Gasteiger partial charge in [0.15, 0.2) is 0 Å². The molecular weight excluding hydrogens is 261 g/mol. The lowest BCUT2D eigenvalue weighted by atomic mass is 10.2. The number of pyridine rings is 1. The van der Waals surface area contributed by atoms with E-state index in [9.17, 15) is 14.0 Å². The summed E-state index contributed by atoms with van der Waals surface area (Å²) >= 11 is 0. The maximum atomic E-state index is 13.5. The summed E-state index contributed by atoms with van der Waals surface area (Å²) in [6.45, 7) is 3.92. The van der Waals surface area contributed by atoms with Gasteiger partial charge in [0.05, 0.1) is 5.56 Å². The zero-order chi connectivity index (χ0) is 14.5. The van der Waals surface area contributed by atoms with Crippen LogP contribution in [0.5, 0.6) is 0 Å². The molecule has 2 heterocycles. The third kappa shape index (κ3) is 3.12. The van der Waals surface area contributed by atoms with Crippen molar-refractivity contribution in [2.24, 2.45) is 0 Å². The van der Waals surface area contributed by atoms with Gasteiger partial charge in [0, 0.05) is 38.8 Å². The largest absolute Gasteiger partial charge is 0.341 e. The molecule has 20 heavy (non-hydrogen) atoms. The molecule has 0 atom stereocenters. The second-order valence-corrected chi connectivity index (χ2v) is 4.72. The van der Waals surface area contributed by atoms with E-state index in [0.29, 0.717) is 39.0 Å². The van der Waals surface area contributed by atoms with Crippen LogP contribution in [0.4, 0.5) is 4.39 Å². The molecule has 108 valence electrons. The van der Waals surface area contributed by atoms with E-state index in [2.05, 4.69) is 4.98 Å². The van der Waals surface area contributed by atoms with Gasteiger partial charge < -0.3 is 9.80 Å². The summed E-state index contributed by atoms with van der Waals surface area (Å²) in [5.74, 6) is -1.02. The van der Waals surface area contributed by atoms with Crippen molar-refractivity contribution < 1.29 is 14.0 Å². The molecule has 0 radical (unpaired) electrons. The van der Waals surface area contributed by atoms with E-state index in [4.69, 9.17) is 0 Å². The number of hydrogen-bond donors (Lipinski definition) is 0. The third-order valence-electron chi connectivity index (χ3n) is 3.43. The van der Waals surface area contributed by atoms with Gasteiger partial charge in [-0.1, -0.05) is 6.92 Å². The molecule has 1 aromatic heterocycles. The second kappa shape index (κ2) is 6.45. The van der Waals surface area contributed by atoms with Gasteiger partial charge in [-0.25, -0.2) is 4.98 Å². The fraction of sp³-hybridized carbons (Fsp3) is 0.500. The van der Waals surface area contributed by atoms with Crippen LogP contribution in [0.15, 0.2) is 18.3 Å². The Labute approximate surface area is 117 Å². The Hall–Kier alpha value is -1.98. The molecule has 5 nitrogen and oxygen atoms in total. The molecule has 0 bridgehead atoms. The average Bonchev–Trinajstić information content (AvgIpc) is 2.72. The van der Waals surface area contributed by atoms with Crippen molar-refractivity contribution in [3.05, 3.63) is 29.8 Å². The highest BCUT2D eigenvalue weighted by Gasteiger charge is 2.23. The second-order valence-electron chi connectivity index (χ2n) is 4.72. The van der Waals surface area contributed by atoms with Crippen molar-refractivity contribution in [3.8, 4) is 0 Å². The molecule has 1 fully saturated rings. The Balaban J connectivity index is 2.05. The predicted molar refractivity (Wildman–Crippen MR) is 71.6 cm³/mol. The summed E-state index contributed by atoms with van der Waals surface area (Å²) in [5.41, 5.74) is -0.0113. The summed E-state index contributed by atoms with van der Waals surface area (Å²) < 4.78 is 13.5. The highest BCUT2D eigenvalue weighted by atomic mass is 19.1. The summed E-state index contributed by atoms with van der Waals surface area (Å²) in [5, 5.41) is 0. The van der Waals surface area contributed by atoms with E-state index in [1.54, 1.807) is 15.9 Å². The van der Waals surface area contributed by atoms with Gasteiger partial charge in [0.25, 0.3) is 5.91 Å². The number of halogens is 1. The van der Waals surface area contributed by atoms with Crippen LogP contribution in [-0.2, 0) is 4.79 Å². The molecule has 0 aromatic carbocycles. The molecule has 1 saturated heterocycles. The van der Waals surface area contributed by atoms with Gasteiger partial charge in [0.1, 0.15) is 0 Å². The molecule has 0 spiro atoms. The predicted octanol–water partition coefficient (Wildman–Crippen LogP) is 1.31. The summed E-state index contributed by atoms with van der Waals surface area (Å²) in [6.07, 6.45) is 2.49. The number of carbonyl (C=O) groups excluding carboxylic acids is 2. The molecule has 1 aliphatic heterocycles. The zero-order valence-electron chi connectivity index (χ0n) is 11.5. The molecule has 1 aliphatic rings. The topological polar surface area (TPSA) is 53.5 Å². The zero-order valence-corrected chi connectivity index (χ0v) is 11.5. The van der Waals surface area contributed by atoms with Crippen molar-refractivity contribution in [2.45, 2.75) is 19.8 Å². The highest BCUT2D eigenvalue weighted by Crippen LogP contribution is 2.11. The number of amides is 2. The Bertz CT molecular complexity index is 507. The van der Waals surface area contributed by atoms with Crippen LogP contribution >= 0.6 is 0 Å². The fourth-order valence-corrected chi connectivity index (χ4v) is 2.31. The lowest BCUT2D eigenvalue weighted by molar-refractivity contribution is -0.130. The van der Waals surface area contributed by atoms with Crippen molar-refractivity contribution >= 4 is 11.8 Å². The van der Waals surface area contributed by atoms with E-state index in [1.165, 1.54) is 12.3 Å². The lowest BCUT2D eigenvalue weighted by Gasteiger charge is -2.22. The van der Waals surface area contributed by atoms with Gasteiger partial charge in [-0.15, -0.1) is 0 Å². The average molecular weight is 279 g/mol. The van der Waals surface area contributed by atoms with E-state index in [1.807, 2.05) is 6.92 Å². The summed E-state index contributed by atoms with van der Waals surface area (Å²) in [7, 11) is 0. The Morgan fingerprint density at radius 3 is 2.65 bits per heavy atom. The maximum absolute atomic E-state index is 13.5. The standard InChI is InChI=1S/C14H18FN3O2/c1-2-12(19)17-7-4-8-18(10-9-17)14(20)11-5-3-6-16-13(11)15/h3,5-6H,2,4,7-10H2,1H3. The minimum atomic E-state index is -0.747.